The molecule has 0 aliphatic carbocycles. The lowest BCUT2D eigenvalue weighted by Gasteiger charge is -2.24. The van der Waals surface area contributed by atoms with Gasteiger partial charge in [0.15, 0.2) is 0 Å². The first-order chi connectivity index (χ1) is 19.0. The Morgan fingerprint density at radius 1 is 0.769 bits per heavy atom. The summed E-state index contributed by atoms with van der Waals surface area (Å²) < 4.78 is 0. The first-order valence-corrected chi connectivity index (χ1v) is 14.1. The Bertz CT molecular complexity index is 1330. The lowest BCUT2D eigenvalue weighted by Crippen LogP contribution is -2.42. The van der Waals surface area contributed by atoms with Gasteiger partial charge >= 0.3 is 12.0 Å². The SMILES string of the molecule is CCC(C(=O)O)c1ccc(Sc2ccc(N(CCc3ccccc3)C(=O)NCCc3ccccc3)cc2)cc1. The molecule has 4 aromatic carbocycles. The number of rotatable bonds is 12. The molecule has 39 heavy (non-hydrogen) atoms. The first-order valence-electron chi connectivity index (χ1n) is 13.3. The van der Waals surface area contributed by atoms with Crippen LogP contribution in [-0.2, 0) is 17.6 Å². The van der Waals surface area contributed by atoms with Crippen LogP contribution in [0.2, 0.25) is 0 Å². The minimum Gasteiger partial charge on any atom is -0.481 e. The highest BCUT2D eigenvalue weighted by Crippen LogP contribution is 2.31. The lowest BCUT2D eigenvalue weighted by atomic mass is 9.97. The van der Waals surface area contributed by atoms with Gasteiger partial charge in [0, 0.05) is 28.6 Å². The highest BCUT2D eigenvalue weighted by Gasteiger charge is 2.18. The second-order valence-corrected chi connectivity index (χ2v) is 10.5. The number of carboxylic acids is 1. The predicted octanol–water partition coefficient (Wildman–Crippen LogP) is 7.42. The van der Waals surface area contributed by atoms with E-state index in [9.17, 15) is 14.7 Å². The maximum atomic E-state index is 13.3. The van der Waals surface area contributed by atoms with E-state index in [0.717, 1.165) is 33.9 Å². The molecule has 0 bridgehead atoms. The molecule has 0 fully saturated rings. The molecule has 5 nitrogen and oxygen atoms in total. The van der Waals surface area contributed by atoms with E-state index in [0.29, 0.717) is 19.5 Å². The van der Waals surface area contributed by atoms with Crippen LogP contribution in [0.1, 0.15) is 36.0 Å². The van der Waals surface area contributed by atoms with E-state index in [4.69, 9.17) is 0 Å². The average Bonchev–Trinajstić information content (AvgIpc) is 2.96. The topological polar surface area (TPSA) is 69.6 Å². The number of urea groups is 1. The predicted molar refractivity (Wildman–Crippen MR) is 159 cm³/mol. The van der Waals surface area contributed by atoms with Crippen molar-refractivity contribution in [1.82, 2.24) is 5.32 Å². The van der Waals surface area contributed by atoms with Gasteiger partial charge in [-0.1, -0.05) is 91.5 Å². The van der Waals surface area contributed by atoms with Gasteiger partial charge in [-0.15, -0.1) is 0 Å². The van der Waals surface area contributed by atoms with Crippen LogP contribution >= 0.6 is 11.8 Å². The normalized spacial score (nSPS) is 11.5. The molecular weight excluding hydrogens is 504 g/mol. The molecule has 1 atom stereocenters. The minimum atomic E-state index is -0.797. The van der Waals surface area contributed by atoms with Gasteiger partial charge in [-0.25, -0.2) is 4.79 Å². The van der Waals surface area contributed by atoms with Crippen molar-refractivity contribution in [3.8, 4) is 0 Å². The summed E-state index contributed by atoms with van der Waals surface area (Å²) in [5.41, 5.74) is 4.03. The molecule has 0 saturated heterocycles. The molecule has 0 heterocycles. The zero-order chi connectivity index (χ0) is 27.5. The number of hydrogen-bond acceptors (Lipinski definition) is 3. The lowest BCUT2D eigenvalue weighted by molar-refractivity contribution is -0.138. The van der Waals surface area contributed by atoms with Crippen molar-refractivity contribution >= 4 is 29.4 Å². The number of aliphatic carboxylic acids is 1. The number of nitrogens with zero attached hydrogens (tertiary/aromatic N) is 1. The summed E-state index contributed by atoms with van der Waals surface area (Å²) in [6.07, 6.45) is 2.09. The van der Waals surface area contributed by atoms with Gasteiger partial charge < -0.3 is 10.4 Å². The van der Waals surface area contributed by atoms with Gasteiger partial charge in [0.1, 0.15) is 0 Å². The molecule has 4 aromatic rings. The summed E-state index contributed by atoms with van der Waals surface area (Å²) in [6.45, 7) is 3.02. The van der Waals surface area contributed by atoms with Crippen molar-refractivity contribution in [2.75, 3.05) is 18.0 Å². The van der Waals surface area contributed by atoms with Crippen LogP contribution in [0.5, 0.6) is 0 Å². The molecule has 6 heteroatoms. The highest BCUT2D eigenvalue weighted by atomic mass is 32.2. The van der Waals surface area contributed by atoms with Crippen molar-refractivity contribution in [3.63, 3.8) is 0 Å². The number of carboxylic acid groups (broad SMARTS) is 1. The summed E-state index contributed by atoms with van der Waals surface area (Å²) in [7, 11) is 0. The number of amides is 2. The molecule has 0 saturated carbocycles. The molecule has 1 unspecified atom stereocenters. The zero-order valence-electron chi connectivity index (χ0n) is 22.1. The second-order valence-electron chi connectivity index (χ2n) is 9.32. The van der Waals surface area contributed by atoms with Gasteiger partial charge in [-0.2, -0.15) is 0 Å². The van der Waals surface area contributed by atoms with E-state index in [2.05, 4.69) is 29.6 Å². The Hall–Kier alpha value is -4.03. The molecule has 200 valence electrons. The number of nitrogens with one attached hydrogen (secondary N) is 1. The summed E-state index contributed by atoms with van der Waals surface area (Å²) >= 11 is 1.61. The molecule has 0 aromatic heterocycles. The van der Waals surface area contributed by atoms with Crippen molar-refractivity contribution < 1.29 is 14.7 Å². The summed E-state index contributed by atoms with van der Waals surface area (Å²) in [6, 6.07) is 35.9. The quantitative estimate of drug-likeness (QED) is 0.197. The van der Waals surface area contributed by atoms with Gasteiger partial charge in [0.25, 0.3) is 0 Å². The minimum absolute atomic E-state index is 0.109. The molecule has 2 N–H and O–H groups in total. The monoisotopic (exact) mass is 538 g/mol. The van der Waals surface area contributed by atoms with Crippen LogP contribution in [-0.4, -0.2) is 30.2 Å². The van der Waals surface area contributed by atoms with E-state index >= 15 is 0 Å². The highest BCUT2D eigenvalue weighted by molar-refractivity contribution is 7.99. The molecule has 4 rings (SSSR count). The van der Waals surface area contributed by atoms with Gasteiger partial charge in [-0.05, 0) is 72.4 Å². The van der Waals surface area contributed by atoms with E-state index in [1.807, 2.05) is 91.9 Å². The second kappa shape index (κ2) is 14.2. The van der Waals surface area contributed by atoms with E-state index in [-0.39, 0.29) is 6.03 Å². The number of benzene rings is 4. The maximum Gasteiger partial charge on any atom is 0.321 e. The van der Waals surface area contributed by atoms with E-state index in [1.54, 1.807) is 16.7 Å². The average molecular weight is 539 g/mol. The number of carbonyl (C=O) groups excluding carboxylic acids is 1. The van der Waals surface area contributed by atoms with E-state index < -0.39 is 11.9 Å². The van der Waals surface area contributed by atoms with Crippen LogP contribution in [0.25, 0.3) is 0 Å². The third-order valence-corrected chi connectivity index (χ3v) is 7.63. The molecule has 0 aliphatic heterocycles. The third kappa shape index (κ3) is 8.23. The zero-order valence-corrected chi connectivity index (χ0v) is 22.9. The smallest absolute Gasteiger partial charge is 0.321 e. The maximum absolute atomic E-state index is 13.3. The Morgan fingerprint density at radius 3 is 1.85 bits per heavy atom. The van der Waals surface area contributed by atoms with Gasteiger partial charge in [0.2, 0.25) is 0 Å². The Balaban J connectivity index is 1.42. The summed E-state index contributed by atoms with van der Waals surface area (Å²) in [5, 5.41) is 12.5. The summed E-state index contributed by atoms with van der Waals surface area (Å²) in [5.74, 6) is -1.28. The Labute approximate surface area is 234 Å². The van der Waals surface area contributed by atoms with Crippen LogP contribution < -0.4 is 10.2 Å². The standard InChI is InChI=1S/C33H34N2O3S/c1-2-31(32(36)37)27-13-17-29(18-14-27)39-30-19-15-28(16-20-30)35(24-22-26-11-7-4-8-12-26)33(38)34-23-21-25-9-5-3-6-10-25/h3-20,31H,2,21-24H2,1H3,(H,34,38)(H,36,37). The molecule has 0 radical (unpaired) electrons. The largest absolute Gasteiger partial charge is 0.481 e. The molecule has 0 aliphatic rings. The van der Waals surface area contributed by atoms with Crippen LogP contribution in [0.4, 0.5) is 10.5 Å². The van der Waals surface area contributed by atoms with Gasteiger partial charge in [-0.3, -0.25) is 9.69 Å². The third-order valence-electron chi connectivity index (χ3n) is 6.62. The van der Waals surface area contributed by atoms with Crippen molar-refractivity contribution in [2.45, 2.75) is 41.9 Å². The number of hydrogen-bond donors (Lipinski definition) is 2. The van der Waals surface area contributed by atoms with Crippen molar-refractivity contribution in [1.29, 1.82) is 0 Å². The fourth-order valence-electron chi connectivity index (χ4n) is 4.44. The first kappa shape index (κ1) is 28.0. The van der Waals surface area contributed by atoms with Crippen LogP contribution in [0, 0.1) is 0 Å². The van der Waals surface area contributed by atoms with Crippen molar-refractivity contribution in [2.24, 2.45) is 0 Å². The van der Waals surface area contributed by atoms with E-state index in [1.165, 1.54) is 11.1 Å². The number of carbonyl (C=O) groups is 2. The van der Waals surface area contributed by atoms with Crippen LogP contribution in [0.3, 0.4) is 0 Å². The Morgan fingerprint density at radius 2 is 1.31 bits per heavy atom. The fourth-order valence-corrected chi connectivity index (χ4v) is 5.26. The molecular formula is C33H34N2O3S. The fraction of sp³-hybridized carbons (Fsp3) is 0.212. The molecule has 2 amide bonds. The number of anilines is 1. The Kier molecular flexibility index (Phi) is 10.2. The molecule has 0 spiro atoms. The van der Waals surface area contributed by atoms with Crippen LogP contribution in [0.15, 0.2) is 119 Å². The summed E-state index contributed by atoms with van der Waals surface area (Å²) in [4.78, 5) is 28.6. The van der Waals surface area contributed by atoms with Gasteiger partial charge in [0.05, 0.1) is 5.92 Å². The van der Waals surface area contributed by atoms with Crippen molar-refractivity contribution in [3.05, 3.63) is 126 Å².